The van der Waals surface area contributed by atoms with Gasteiger partial charge in [-0.25, -0.2) is 8.42 Å². The summed E-state index contributed by atoms with van der Waals surface area (Å²) in [4.78, 5) is 13.5. The summed E-state index contributed by atoms with van der Waals surface area (Å²) >= 11 is 0. The molecule has 0 N–H and O–H groups in total. The monoisotopic (exact) mass is 267 g/mol. The first-order valence-corrected chi connectivity index (χ1v) is 7.75. The van der Waals surface area contributed by atoms with Crippen molar-refractivity contribution in [2.75, 3.05) is 25.4 Å². The Hall–Kier alpha value is -1.20. The van der Waals surface area contributed by atoms with E-state index in [1.54, 1.807) is 30.3 Å². The molecule has 98 valence electrons. The molecule has 4 nitrogen and oxygen atoms in total. The zero-order valence-corrected chi connectivity index (χ0v) is 11.0. The first-order valence-electron chi connectivity index (χ1n) is 6.10. The number of carbonyl (C=O) groups is 1. The third-order valence-electron chi connectivity index (χ3n) is 3.19. The van der Waals surface area contributed by atoms with Crippen molar-refractivity contribution in [1.29, 1.82) is 0 Å². The van der Waals surface area contributed by atoms with Gasteiger partial charge in [0.15, 0.2) is 9.84 Å². The zero-order chi connectivity index (χ0) is 13.0. The van der Waals surface area contributed by atoms with Gasteiger partial charge in [-0.05, 0) is 12.1 Å². The average Bonchev–Trinajstić information content (AvgIpc) is 2.39. The fraction of sp³-hybridized carbons (Fsp3) is 0.462. The molecule has 5 heteroatoms. The first-order chi connectivity index (χ1) is 8.58. The second-order valence-electron chi connectivity index (χ2n) is 4.51. The summed E-state index contributed by atoms with van der Waals surface area (Å²) < 4.78 is 24.1. The molecule has 0 aromatic heterocycles. The van der Waals surface area contributed by atoms with E-state index in [1.165, 1.54) is 0 Å². The van der Waals surface area contributed by atoms with Crippen molar-refractivity contribution < 1.29 is 13.2 Å². The molecule has 1 aliphatic heterocycles. The number of sulfone groups is 1. The molecular weight excluding hydrogens is 250 g/mol. The third kappa shape index (κ3) is 3.40. The predicted molar refractivity (Wildman–Crippen MR) is 69.2 cm³/mol. The number of nitrogens with zero attached hydrogens (tertiary/aromatic N) is 1. The quantitative estimate of drug-likeness (QED) is 0.820. The maximum absolute atomic E-state index is 12.0. The normalized spacial score (nSPS) is 17.9. The molecular formula is C13H17NO3S. The molecule has 1 heterocycles. The summed E-state index contributed by atoms with van der Waals surface area (Å²) in [6.07, 6.45) is 1.09. The highest BCUT2D eigenvalue weighted by Crippen LogP contribution is 2.12. The first kappa shape index (κ1) is 13.2. The standard InChI is InChI=1S/C13H17NO3S/c15-12-6-8-14(9-7-12)10-11-18(16,17)13-4-2-1-3-5-13/h1-5H,6-11H2. The number of ketones is 1. The molecule has 1 saturated heterocycles. The molecule has 0 atom stereocenters. The molecule has 1 aromatic carbocycles. The Balaban J connectivity index is 1.92. The van der Waals surface area contributed by atoms with Crippen LogP contribution in [-0.4, -0.2) is 44.5 Å². The molecule has 1 aromatic rings. The highest BCUT2D eigenvalue weighted by Gasteiger charge is 2.19. The minimum atomic E-state index is -3.20. The van der Waals surface area contributed by atoms with Crippen LogP contribution in [0.1, 0.15) is 12.8 Å². The molecule has 0 radical (unpaired) electrons. The van der Waals surface area contributed by atoms with Gasteiger partial charge in [-0.15, -0.1) is 0 Å². The largest absolute Gasteiger partial charge is 0.301 e. The lowest BCUT2D eigenvalue weighted by Crippen LogP contribution is -2.37. The van der Waals surface area contributed by atoms with Crippen LogP contribution in [0.5, 0.6) is 0 Å². The van der Waals surface area contributed by atoms with E-state index in [0.29, 0.717) is 37.4 Å². The van der Waals surface area contributed by atoms with Crippen molar-refractivity contribution in [3.63, 3.8) is 0 Å². The minimum absolute atomic E-state index is 0.116. The summed E-state index contributed by atoms with van der Waals surface area (Å²) in [6, 6.07) is 8.50. The minimum Gasteiger partial charge on any atom is -0.301 e. The molecule has 0 bridgehead atoms. The van der Waals surface area contributed by atoms with Gasteiger partial charge in [-0.2, -0.15) is 0 Å². The van der Waals surface area contributed by atoms with Crippen LogP contribution in [0.2, 0.25) is 0 Å². The van der Waals surface area contributed by atoms with Crippen LogP contribution in [0.4, 0.5) is 0 Å². The third-order valence-corrected chi connectivity index (χ3v) is 4.90. The van der Waals surface area contributed by atoms with Crippen LogP contribution in [-0.2, 0) is 14.6 Å². The molecule has 0 amide bonds. The molecule has 1 aliphatic rings. The van der Waals surface area contributed by atoms with E-state index in [0.717, 1.165) is 0 Å². The Morgan fingerprint density at radius 2 is 1.67 bits per heavy atom. The summed E-state index contributed by atoms with van der Waals surface area (Å²) in [5.74, 6) is 0.391. The van der Waals surface area contributed by atoms with Crippen LogP contribution in [0.25, 0.3) is 0 Å². The number of carbonyl (C=O) groups excluding carboxylic acids is 1. The highest BCUT2D eigenvalue weighted by molar-refractivity contribution is 7.91. The van der Waals surface area contributed by atoms with Crippen LogP contribution >= 0.6 is 0 Å². The highest BCUT2D eigenvalue weighted by atomic mass is 32.2. The van der Waals surface area contributed by atoms with E-state index in [-0.39, 0.29) is 11.5 Å². The number of Topliss-reactive ketones (excluding diaryl/α,β-unsaturated/α-hetero) is 1. The number of rotatable bonds is 4. The van der Waals surface area contributed by atoms with Crippen molar-refractivity contribution in [2.45, 2.75) is 17.7 Å². The fourth-order valence-electron chi connectivity index (χ4n) is 2.02. The lowest BCUT2D eigenvalue weighted by Gasteiger charge is -2.25. The van der Waals surface area contributed by atoms with Gasteiger partial charge in [0, 0.05) is 32.5 Å². The van der Waals surface area contributed by atoms with E-state index in [1.807, 2.05) is 4.90 Å². The van der Waals surface area contributed by atoms with E-state index in [2.05, 4.69) is 0 Å². The van der Waals surface area contributed by atoms with Crippen molar-refractivity contribution in [3.8, 4) is 0 Å². The van der Waals surface area contributed by atoms with Gasteiger partial charge < -0.3 is 4.90 Å². The number of benzene rings is 1. The predicted octanol–water partition coefficient (Wildman–Crippen LogP) is 1.13. The van der Waals surface area contributed by atoms with Crippen molar-refractivity contribution in [1.82, 2.24) is 4.90 Å². The smallest absolute Gasteiger partial charge is 0.179 e. The Morgan fingerprint density at radius 3 is 2.28 bits per heavy atom. The molecule has 0 aliphatic carbocycles. The topological polar surface area (TPSA) is 54.5 Å². The zero-order valence-electron chi connectivity index (χ0n) is 10.2. The number of piperidine rings is 1. The van der Waals surface area contributed by atoms with E-state index >= 15 is 0 Å². The number of hydrogen-bond donors (Lipinski definition) is 0. The molecule has 0 saturated carbocycles. The van der Waals surface area contributed by atoms with Gasteiger partial charge in [0.2, 0.25) is 0 Å². The van der Waals surface area contributed by atoms with E-state index in [4.69, 9.17) is 0 Å². The Morgan fingerprint density at radius 1 is 1.06 bits per heavy atom. The lowest BCUT2D eigenvalue weighted by molar-refractivity contribution is -0.121. The molecule has 0 spiro atoms. The van der Waals surface area contributed by atoms with Crippen LogP contribution < -0.4 is 0 Å². The fourth-order valence-corrected chi connectivity index (χ4v) is 3.33. The molecule has 0 unspecified atom stereocenters. The maximum Gasteiger partial charge on any atom is 0.179 e. The summed E-state index contributed by atoms with van der Waals surface area (Å²) in [5.41, 5.74) is 0. The van der Waals surface area contributed by atoms with Gasteiger partial charge in [0.1, 0.15) is 5.78 Å². The van der Waals surface area contributed by atoms with E-state index in [9.17, 15) is 13.2 Å². The van der Waals surface area contributed by atoms with Crippen LogP contribution in [0, 0.1) is 0 Å². The van der Waals surface area contributed by atoms with Crippen molar-refractivity contribution in [3.05, 3.63) is 30.3 Å². The second kappa shape index (κ2) is 5.63. The second-order valence-corrected chi connectivity index (χ2v) is 6.62. The summed E-state index contributed by atoms with van der Waals surface area (Å²) in [6.45, 7) is 1.87. The van der Waals surface area contributed by atoms with Crippen molar-refractivity contribution >= 4 is 15.6 Å². The van der Waals surface area contributed by atoms with Crippen LogP contribution in [0.15, 0.2) is 35.2 Å². The number of hydrogen-bond acceptors (Lipinski definition) is 4. The van der Waals surface area contributed by atoms with Gasteiger partial charge in [-0.1, -0.05) is 18.2 Å². The van der Waals surface area contributed by atoms with Crippen LogP contribution in [0.3, 0.4) is 0 Å². The maximum atomic E-state index is 12.0. The SMILES string of the molecule is O=C1CCN(CCS(=O)(=O)c2ccccc2)CC1. The van der Waals surface area contributed by atoms with E-state index < -0.39 is 9.84 Å². The van der Waals surface area contributed by atoms with Gasteiger partial charge in [-0.3, -0.25) is 4.79 Å². The molecule has 18 heavy (non-hydrogen) atoms. The Bertz CT molecular complexity index is 500. The van der Waals surface area contributed by atoms with Gasteiger partial charge in [0.05, 0.1) is 10.6 Å². The number of likely N-dealkylation sites (tertiary alicyclic amines) is 1. The van der Waals surface area contributed by atoms with Crippen molar-refractivity contribution in [2.24, 2.45) is 0 Å². The molecule has 1 fully saturated rings. The summed E-state index contributed by atoms with van der Waals surface area (Å²) in [5, 5.41) is 0. The average molecular weight is 267 g/mol. The Kier molecular flexibility index (Phi) is 4.14. The lowest BCUT2D eigenvalue weighted by atomic mass is 10.1. The molecule has 2 rings (SSSR count). The summed E-state index contributed by atoms with van der Waals surface area (Å²) in [7, 11) is -3.20. The Labute approximate surface area is 108 Å². The van der Waals surface area contributed by atoms with Gasteiger partial charge in [0.25, 0.3) is 0 Å². The van der Waals surface area contributed by atoms with Gasteiger partial charge >= 0.3 is 0 Å².